The van der Waals surface area contributed by atoms with Gasteiger partial charge in [-0.25, -0.2) is 8.78 Å². The zero-order valence-electron chi connectivity index (χ0n) is 7.51. The first-order valence-corrected chi connectivity index (χ1v) is 4.41. The minimum Gasteiger partial charge on any atom is -0.480 e. The second-order valence-electron chi connectivity index (χ2n) is 3.01. The summed E-state index contributed by atoms with van der Waals surface area (Å²) in [5.74, 6) is -3.38. The Hall–Kier alpha value is -1.20. The van der Waals surface area contributed by atoms with E-state index in [1.54, 1.807) is 0 Å². The molecule has 1 atom stereocenters. The van der Waals surface area contributed by atoms with Crippen LogP contribution in [0.1, 0.15) is 5.56 Å². The highest BCUT2D eigenvalue weighted by molar-refractivity contribution is 6.31. The van der Waals surface area contributed by atoms with Crippen molar-refractivity contribution in [3.63, 3.8) is 0 Å². The summed E-state index contributed by atoms with van der Waals surface area (Å²) in [5, 5.41) is 8.49. The molecule has 15 heavy (non-hydrogen) atoms. The first-order chi connectivity index (χ1) is 6.91. The molecule has 0 aromatic heterocycles. The maximum atomic E-state index is 12.8. The quantitative estimate of drug-likeness (QED) is 0.782. The molecule has 3 nitrogen and oxygen atoms in total. The first kappa shape index (κ1) is 11.9. The molecule has 6 heteroatoms. The van der Waals surface area contributed by atoms with Crippen molar-refractivity contribution < 1.29 is 18.7 Å². The number of carboxylic acid groups (broad SMARTS) is 1. The van der Waals surface area contributed by atoms with E-state index < -0.39 is 23.6 Å². The van der Waals surface area contributed by atoms with Crippen molar-refractivity contribution in [2.24, 2.45) is 5.73 Å². The van der Waals surface area contributed by atoms with Crippen LogP contribution in [0.15, 0.2) is 12.1 Å². The Morgan fingerprint density at radius 1 is 1.47 bits per heavy atom. The highest BCUT2D eigenvalue weighted by atomic mass is 35.5. The van der Waals surface area contributed by atoms with E-state index in [0.717, 1.165) is 12.1 Å². The average molecular weight is 236 g/mol. The van der Waals surface area contributed by atoms with Gasteiger partial charge in [-0.05, 0) is 24.1 Å². The third kappa shape index (κ3) is 2.87. The van der Waals surface area contributed by atoms with Gasteiger partial charge >= 0.3 is 5.97 Å². The summed E-state index contributed by atoms with van der Waals surface area (Å²) in [6, 6.07) is 0.453. The monoisotopic (exact) mass is 235 g/mol. The Kier molecular flexibility index (Phi) is 3.60. The van der Waals surface area contributed by atoms with E-state index in [-0.39, 0.29) is 17.0 Å². The van der Waals surface area contributed by atoms with E-state index in [0.29, 0.717) is 0 Å². The predicted molar refractivity (Wildman–Crippen MR) is 50.7 cm³/mol. The highest BCUT2D eigenvalue weighted by Gasteiger charge is 2.16. The number of carbonyl (C=O) groups is 1. The molecule has 0 aliphatic rings. The Labute approximate surface area is 89.5 Å². The van der Waals surface area contributed by atoms with Gasteiger partial charge in [0.15, 0.2) is 11.6 Å². The fourth-order valence-electron chi connectivity index (χ4n) is 1.04. The number of nitrogens with two attached hydrogens (primary N) is 1. The van der Waals surface area contributed by atoms with E-state index in [4.69, 9.17) is 22.4 Å². The van der Waals surface area contributed by atoms with E-state index in [1.165, 1.54) is 0 Å². The van der Waals surface area contributed by atoms with E-state index in [9.17, 15) is 13.6 Å². The number of hydrogen-bond acceptors (Lipinski definition) is 2. The van der Waals surface area contributed by atoms with Crippen LogP contribution in [0.4, 0.5) is 8.78 Å². The van der Waals surface area contributed by atoms with Gasteiger partial charge in [-0.2, -0.15) is 0 Å². The van der Waals surface area contributed by atoms with Gasteiger partial charge in [-0.1, -0.05) is 11.6 Å². The fourth-order valence-corrected chi connectivity index (χ4v) is 1.27. The van der Waals surface area contributed by atoms with Crippen LogP contribution in [0.25, 0.3) is 0 Å². The van der Waals surface area contributed by atoms with Crippen LogP contribution in [0.5, 0.6) is 0 Å². The predicted octanol–water partition coefficient (Wildman–Crippen LogP) is 1.57. The molecule has 1 unspecified atom stereocenters. The molecule has 0 aliphatic carbocycles. The summed E-state index contributed by atoms with van der Waals surface area (Å²) in [5.41, 5.74) is 5.40. The van der Waals surface area contributed by atoms with Gasteiger partial charge < -0.3 is 10.8 Å². The van der Waals surface area contributed by atoms with Crippen molar-refractivity contribution in [2.45, 2.75) is 12.5 Å². The van der Waals surface area contributed by atoms with Gasteiger partial charge in [0.1, 0.15) is 6.04 Å². The number of aliphatic carboxylic acids is 1. The minimum atomic E-state index is -1.23. The molecule has 0 amide bonds. The Bertz CT molecular complexity index is 398. The molecule has 0 heterocycles. The average Bonchev–Trinajstić information content (AvgIpc) is 2.13. The third-order valence-electron chi connectivity index (χ3n) is 1.85. The third-order valence-corrected chi connectivity index (χ3v) is 2.20. The van der Waals surface area contributed by atoms with Crippen LogP contribution >= 0.6 is 11.6 Å². The fraction of sp³-hybridized carbons (Fsp3) is 0.222. The maximum absolute atomic E-state index is 12.8. The molecular formula is C9H8ClF2NO2. The number of carboxylic acids is 1. The summed E-state index contributed by atoms with van der Waals surface area (Å²) in [4.78, 5) is 10.4. The molecular weight excluding hydrogens is 228 g/mol. The summed E-state index contributed by atoms with van der Waals surface area (Å²) >= 11 is 5.60. The second-order valence-corrected chi connectivity index (χ2v) is 3.41. The summed E-state index contributed by atoms with van der Waals surface area (Å²) in [6.45, 7) is 0. The molecule has 3 N–H and O–H groups in total. The van der Waals surface area contributed by atoms with Crippen molar-refractivity contribution in [1.29, 1.82) is 0 Å². The van der Waals surface area contributed by atoms with Gasteiger partial charge in [0.05, 0.1) is 0 Å². The van der Waals surface area contributed by atoms with Crippen LogP contribution < -0.4 is 5.73 Å². The Morgan fingerprint density at radius 3 is 2.53 bits per heavy atom. The lowest BCUT2D eigenvalue weighted by molar-refractivity contribution is -0.138. The smallest absolute Gasteiger partial charge is 0.320 e. The van der Waals surface area contributed by atoms with Crippen LogP contribution in [0, 0.1) is 11.6 Å². The van der Waals surface area contributed by atoms with Crippen LogP contribution in [0.2, 0.25) is 5.02 Å². The van der Waals surface area contributed by atoms with Crippen molar-refractivity contribution in [3.05, 3.63) is 34.4 Å². The van der Waals surface area contributed by atoms with Crippen molar-refractivity contribution in [1.82, 2.24) is 0 Å². The SMILES string of the molecule is NC(Cc1cc(F)c(F)cc1Cl)C(=O)O. The van der Waals surface area contributed by atoms with Gasteiger partial charge in [0.25, 0.3) is 0 Å². The summed E-state index contributed by atoms with van der Waals surface area (Å²) < 4.78 is 25.4. The first-order valence-electron chi connectivity index (χ1n) is 4.03. The minimum absolute atomic E-state index is 0.0365. The zero-order valence-corrected chi connectivity index (χ0v) is 8.26. The number of benzene rings is 1. The van der Waals surface area contributed by atoms with E-state index in [1.807, 2.05) is 0 Å². The maximum Gasteiger partial charge on any atom is 0.320 e. The lowest BCUT2D eigenvalue weighted by Gasteiger charge is -2.08. The number of hydrogen-bond donors (Lipinski definition) is 2. The molecule has 0 aliphatic heterocycles. The van der Waals surface area contributed by atoms with Crippen LogP contribution in [-0.2, 0) is 11.2 Å². The van der Waals surface area contributed by atoms with Crippen LogP contribution in [-0.4, -0.2) is 17.1 Å². The van der Waals surface area contributed by atoms with Gasteiger partial charge in [-0.3, -0.25) is 4.79 Å². The molecule has 1 rings (SSSR count). The lowest BCUT2D eigenvalue weighted by Crippen LogP contribution is -2.32. The number of halogens is 3. The Balaban J connectivity index is 2.95. The van der Waals surface area contributed by atoms with Crippen LogP contribution in [0.3, 0.4) is 0 Å². The van der Waals surface area contributed by atoms with E-state index >= 15 is 0 Å². The van der Waals surface area contributed by atoms with Gasteiger partial charge in [-0.15, -0.1) is 0 Å². The zero-order chi connectivity index (χ0) is 11.6. The van der Waals surface area contributed by atoms with Gasteiger partial charge in [0.2, 0.25) is 0 Å². The molecule has 0 saturated carbocycles. The topological polar surface area (TPSA) is 63.3 Å². The molecule has 1 aromatic carbocycles. The largest absolute Gasteiger partial charge is 0.480 e. The van der Waals surface area contributed by atoms with Crippen molar-refractivity contribution >= 4 is 17.6 Å². The molecule has 0 spiro atoms. The summed E-state index contributed by atoms with van der Waals surface area (Å²) in [6.07, 6.45) is -0.147. The second kappa shape index (κ2) is 4.55. The number of rotatable bonds is 3. The van der Waals surface area contributed by atoms with Crippen molar-refractivity contribution in [3.8, 4) is 0 Å². The standard InChI is InChI=1S/C9H8ClF2NO2/c10-5-3-7(12)6(11)1-4(5)2-8(13)9(14)15/h1,3,8H,2,13H2,(H,14,15). The molecule has 0 saturated heterocycles. The normalized spacial score (nSPS) is 12.5. The van der Waals surface area contributed by atoms with Gasteiger partial charge in [0, 0.05) is 5.02 Å². The molecule has 0 radical (unpaired) electrons. The van der Waals surface area contributed by atoms with Crippen molar-refractivity contribution in [2.75, 3.05) is 0 Å². The molecule has 82 valence electrons. The molecule has 0 bridgehead atoms. The molecule has 0 fully saturated rings. The highest BCUT2D eigenvalue weighted by Crippen LogP contribution is 2.21. The Morgan fingerprint density at radius 2 is 2.00 bits per heavy atom. The lowest BCUT2D eigenvalue weighted by atomic mass is 10.1. The summed E-state index contributed by atoms with van der Waals surface area (Å²) in [7, 11) is 0. The molecule has 1 aromatic rings. The van der Waals surface area contributed by atoms with E-state index in [2.05, 4.69) is 0 Å².